The maximum atomic E-state index is 12.7. The molecule has 0 bridgehead atoms. The first-order chi connectivity index (χ1) is 11.2. The van der Waals surface area contributed by atoms with E-state index in [1.165, 1.54) is 0 Å². The predicted octanol–water partition coefficient (Wildman–Crippen LogP) is 4.47. The summed E-state index contributed by atoms with van der Waals surface area (Å²) in [7, 11) is 0. The van der Waals surface area contributed by atoms with Gasteiger partial charge < -0.3 is 5.53 Å². The van der Waals surface area contributed by atoms with Gasteiger partial charge in [-0.2, -0.15) is 4.79 Å². The normalized spacial score (nSPS) is 15.9. The number of Topliss-reactive ketones (excluding diaryl/α,β-unsaturated/α-hetero) is 1. The number of rotatable bonds is 3. The maximum absolute atomic E-state index is 12.7. The SMILES string of the molecule is [N-]=[N+]=C(C(=O)c1ccccc1)[C@H]1C=C(Cl)C=Cc2ccccc21. The van der Waals surface area contributed by atoms with Crippen molar-refractivity contribution < 1.29 is 9.58 Å². The van der Waals surface area contributed by atoms with Crippen LogP contribution in [0.3, 0.4) is 0 Å². The molecule has 0 radical (unpaired) electrons. The Morgan fingerprint density at radius 3 is 2.43 bits per heavy atom. The number of hydrogen-bond donors (Lipinski definition) is 0. The molecule has 2 aromatic rings. The minimum absolute atomic E-state index is 0.0468. The number of carbonyl (C=O) groups excluding carboxylic acids is 1. The Hall–Kier alpha value is -2.74. The molecular formula is C19H13ClN2O. The first-order valence-corrected chi connectivity index (χ1v) is 7.54. The van der Waals surface area contributed by atoms with Gasteiger partial charge in [0.25, 0.3) is 5.78 Å². The molecule has 1 aliphatic carbocycles. The van der Waals surface area contributed by atoms with Gasteiger partial charge in [-0.25, -0.2) is 0 Å². The topological polar surface area (TPSA) is 53.5 Å². The van der Waals surface area contributed by atoms with Crippen LogP contribution in [0.4, 0.5) is 0 Å². The Morgan fingerprint density at radius 2 is 1.70 bits per heavy atom. The molecule has 0 fully saturated rings. The highest BCUT2D eigenvalue weighted by atomic mass is 35.5. The lowest BCUT2D eigenvalue weighted by Gasteiger charge is -2.11. The fourth-order valence-corrected chi connectivity index (χ4v) is 2.82. The zero-order valence-corrected chi connectivity index (χ0v) is 12.9. The molecule has 0 aromatic heterocycles. The Balaban J connectivity index is 2.10. The molecule has 1 aliphatic rings. The summed E-state index contributed by atoms with van der Waals surface area (Å²) in [5, 5.41) is 0.494. The summed E-state index contributed by atoms with van der Waals surface area (Å²) >= 11 is 6.18. The van der Waals surface area contributed by atoms with Crippen LogP contribution >= 0.6 is 11.6 Å². The zero-order valence-electron chi connectivity index (χ0n) is 12.2. The van der Waals surface area contributed by atoms with Gasteiger partial charge in [0.05, 0.1) is 0 Å². The van der Waals surface area contributed by atoms with Crippen molar-refractivity contribution in [2.75, 3.05) is 0 Å². The first-order valence-electron chi connectivity index (χ1n) is 7.16. The fourth-order valence-electron chi connectivity index (χ4n) is 2.63. The monoisotopic (exact) mass is 320 g/mol. The smallest absolute Gasteiger partial charge is 0.350 e. The van der Waals surface area contributed by atoms with Crippen molar-refractivity contribution in [3.8, 4) is 0 Å². The molecule has 0 unspecified atom stereocenters. The Morgan fingerprint density at radius 1 is 1.00 bits per heavy atom. The van der Waals surface area contributed by atoms with E-state index in [9.17, 15) is 10.3 Å². The van der Waals surface area contributed by atoms with Crippen LogP contribution in [-0.2, 0) is 0 Å². The van der Waals surface area contributed by atoms with E-state index in [0.29, 0.717) is 10.6 Å². The average molecular weight is 321 g/mol. The third kappa shape index (κ3) is 3.07. The molecule has 0 heterocycles. The third-order valence-electron chi connectivity index (χ3n) is 3.75. The van der Waals surface area contributed by atoms with E-state index in [1.807, 2.05) is 36.4 Å². The van der Waals surface area contributed by atoms with Gasteiger partial charge in [0.2, 0.25) is 0 Å². The number of benzene rings is 2. The van der Waals surface area contributed by atoms with Gasteiger partial charge in [0, 0.05) is 10.6 Å². The molecule has 1 atom stereocenters. The molecule has 3 rings (SSSR count). The van der Waals surface area contributed by atoms with E-state index in [-0.39, 0.29) is 11.5 Å². The molecule has 0 spiro atoms. The predicted molar refractivity (Wildman–Crippen MR) is 91.6 cm³/mol. The van der Waals surface area contributed by atoms with Crippen LogP contribution in [-0.4, -0.2) is 16.3 Å². The van der Waals surface area contributed by atoms with E-state index in [0.717, 1.165) is 11.1 Å². The minimum Gasteiger partial charge on any atom is -0.361 e. The number of hydrogen-bond acceptors (Lipinski definition) is 1. The summed E-state index contributed by atoms with van der Waals surface area (Å²) in [4.78, 5) is 16.0. The van der Waals surface area contributed by atoms with Crippen molar-refractivity contribution in [1.82, 2.24) is 0 Å². The molecule has 112 valence electrons. The molecule has 0 saturated heterocycles. The fraction of sp³-hybridized carbons (Fsp3) is 0.0526. The van der Waals surface area contributed by atoms with Gasteiger partial charge in [0.15, 0.2) is 0 Å². The number of fused-ring (bicyclic) bond motifs is 1. The molecular weight excluding hydrogens is 308 g/mol. The van der Waals surface area contributed by atoms with Crippen molar-refractivity contribution >= 4 is 29.2 Å². The van der Waals surface area contributed by atoms with E-state index in [2.05, 4.69) is 4.79 Å². The molecule has 3 nitrogen and oxygen atoms in total. The maximum Gasteiger partial charge on any atom is 0.350 e. The van der Waals surface area contributed by atoms with Gasteiger partial charge in [-0.05, 0) is 23.3 Å². The second kappa shape index (κ2) is 6.57. The van der Waals surface area contributed by atoms with Crippen LogP contribution in [0, 0.1) is 0 Å². The van der Waals surface area contributed by atoms with Gasteiger partial charge >= 0.3 is 5.71 Å². The largest absolute Gasteiger partial charge is 0.361 e. The van der Waals surface area contributed by atoms with Gasteiger partial charge in [-0.15, -0.1) is 0 Å². The molecule has 0 aliphatic heterocycles. The number of ketones is 1. The van der Waals surface area contributed by atoms with Gasteiger partial charge in [-0.1, -0.05) is 72.3 Å². The summed E-state index contributed by atoms with van der Waals surface area (Å²) in [5.74, 6) is -0.832. The van der Waals surface area contributed by atoms with Crippen molar-refractivity contribution in [2.24, 2.45) is 0 Å². The number of carbonyl (C=O) groups is 1. The van der Waals surface area contributed by atoms with Crippen LogP contribution < -0.4 is 0 Å². The lowest BCUT2D eigenvalue weighted by molar-refractivity contribution is -0.00959. The lowest BCUT2D eigenvalue weighted by atomic mass is 9.87. The summed E-state index contributed by atoms with van der Waals surface area (Å²) in [6.07, 6.45) is 5.37. The summed E-state index contributed by atoms with van der Waals surface area (Å²) in [6.45, 7) is 0. The van der Waals surface area contributed by atoms with Gasteiger partial charge in [0.1, 0.15) is 5.92 Å². The van der Waals surface area contributed by atoms with Crippen LogP contribution in [0.5, 0.6) is 0 Å². The van der Waals surface area contributed by atoms with Gasteiger partial charge in [-0.3, -0.25) is 4.79 Å². The Bertz CT molecular complexity index is 862. The van der Waals surface area contributed by atoms with Crippen molar-refractivity contribution in [3.63, 3.8) is 0 Å². The number of allylic oxidation sites excluding steroid dienone is 3. The highest BCUT2D eigenvalue weighted by Gasteiger charge is 2.33. The standard InChI is InChI=1S/C19H13ClN2O/c20-15-11-10-13-6-4-5-9-16(13)17(12-15)18(22-21)19(23)14-7-2-1-3-8-14/h1-12,17H/t17-/m0/s1. The quantitative estimate of drug-likeness (QED) is 0.356. The summed E-state index contributed by atoms with van der Waals surface area (Å²) < 4.78 is 0. The van der Waals surface area contributed by atoms with Crippen LogP contribution in [0.1, 0.15) is 27.4 Å². The van der Waals surface area contributed by atoms with Crippen molar-refractivity contribution in [2.45, 2.75) is 5.92 Å². The molecule has 2 aromatic carbocycles. The zero-order chi connectivity index (χ0) is 16.2. The van der Waals surface area contributed by atoms with Crippen molar-refractivity contribution in [1.29, 1.82) is 0 Å². The summed E-state index contributed by atoms with van der Waals surface area (Å²) in [6, 6.07) is 16.4. The molecule has 4 heteroatoms. The van der Waals surface area contributed by atoms with E-state index in [4.69, 9.17) is 11.6 Å². The highest BCUT2D eigenvalue weighted by Crippen LogP contribution is 2.30. The second-order valence-corrected chi connectivity index (χ2v) is 5.61. The molecule has 0 N–H and O–H groups in total. The molecule has 23 heavy (non-hydrogen) atoms. The Labute approximate surface area is 139 Å². The van der Waals surface area contributed by atoms with Crippen LogP contribution in [0.25, 0.3) is 11.6 Å². The molecule has 0 amide bonds. The number of halogens is 1. The third-order valence-corrected chi connectivity index (χ3v) is 4.00. The van der Waals surface area contributed by atoms with Crippen molar-refractivity contribution in [3.05, 3.63) is 94.0 Å². The second-order valence-electron chi connectivity index (χ2n) is 5.17. The van der Waals surface area contributed by atoms with E-state index >= 15 is 0 Å². The van der Waals surface area contributed by atoms with Crippen LogP contribution in [0.2, 0.25) is 0 Å². The van der Waals surface area contributed by atoms with E-state index in [1.54, 1.807) is 36.4 Å². The first kappa shape index (κ1) is 15.2. The highest BCUT2D eigenvalue weighted by molar-refractivity contribution is 6.46. The van der Waals surface area contributed by atoms with Crippen LogP contribution in [0.15, 0.2) is 71.8 Å². The minimum atomic E-state index is -0.508. The summed E-state index contributed by atoms with van der Waals surface area (Å²) in [5.41, 5.74) is 11.8. The average Bonchev–Trinajstić information content (AvgIpc) is 2.76. The van der Waals surface area contributed by atoms with E-state index < -0.39 is 5.92 Å². The lowest BCUT2D eigenvalue weighted by Crippen LogP contribution is -2.23. The number of nitrogens with zero attached hydrogens (tertiary/aromatic N) is 2. The molecule has 0 saturated carbocycles. The Kier molecular flexibility index (Phi) is 4.33.